The van der Waals surface area contributed by atoms with Crippen molar-refractivity contribution in [1.29, 1.82) is 5.26 Å². The van der Waals surface area contributed by atoms with Gasteiger partial charge in [0.1, 0.15) is 0 Å². The van der Waals surface area contributed by atoms with E-state index in [4.69, 9.17) is 5.26 Å². The van der Waals surface area contributed by atoms with Gasteiger partial charge < -0.3 is 0 Å². The number of benzene rings is 2. The molecule has 0 aromatic heterocycles. The third-order valence-electron chi connectivity index (χ3n) is 2.99. The highest BCUT2D eigenvalue weighted by molar-refractivity contribution is 6.28. The van der Waals surface area contributed by atoms with Gasteiger partial charge in [0.05, 0.1) is 17.2 Å². The van der Waals surface area contributed by atoms with Gasteiger partial charge in [0, 0.05) is 5.56 Å². The standard InChI is InChI=1S/C18H13NO2/c1-13(20)17(18(21)16-8-3-2-4-9-16)11-14-6-5-7-15(10-14)12-19/h2-11H,1H3/b17-11-. The number of ketones is 2. The highest BCUT2D eigenvalue weighted by Crippen LogP contribution is 2.15. The topological polar surface area (TPSA) is 57.9 Å². The Kier molecular flexibility index (Phi) is 4.43. The molecule has 0 aliphatic rings. The molecule has 0 aliphatic heterocycles. The van der Waals surface area contributed by atoms with Crippen LogP contribution < -0.4 is 0 Å². The minimum absolute atomic E-state index is 0.108. The summed E-state index contributed by atoms with van der Waals surface area (Å²) in [6.45, 7) is 1.36. The van der Waals surface area contributed by atoms with Crippen molar-refractivity contribution in [3.05, 3.63) is 76.9 Å². The van der Waals surface area contributed by atoms with Crippen molar-refractivity contribution in [2.45, 2.75) is 6.92 Å². The van der Waals surface area contributed by atoms with E-state index in [-0.39, 0.29) is 17.1 Å². The first-order valence-corrected chi connectivity index (χ1v) is 6.44. The third-order valence-corrected chi connectivity index (χ3v) is 2.99. The first-order chi connectivity index (χ1) is 10.1. The predicted molar refractivity (Wildman–Crippen MR) is 80.6 cm³/mol. The number of hydrogen-bond acceptors (Lipinski definition) is 3. The number of nitrogens with zero attached hydrogens (tertiary/aromatic N) is 1. The van der Waals surface area contributed by atoms with Crippen LogP contribution in [0.2, 0.25) is 0 Å². The minimum Gasteiger partial charge on any atom is -0.294 e. The Labute approximate surface area is 123 Å². The van der Waals surface area contributed by atoms with E-state index >= 15 is 0 Å². The fourth-order valence-electron chi connectivity index (χ4n) is 1.94. The molecular weight excluding hydrogens is 262 g/mol. The number of Topliss-reactive ketones (excluding diaryl/α,β-unsaturated/α-hetero) is 2. The number of hydrogen-bond donors (Lipinski definition) is 0. The van der Waals surface area contributed by atoms with Crippen molar-refractivity contribution in [3.63, 3.8) is 0 Å². The van der Waals surface area contributed by atoms with Gasteiger partial charge in [-0.25, -0.2) is 0 Å². The van der Waals surface area contributed by atoms with Gasteiger partial charge >= 0.3 is 0 Å². The predicted octanol–water partition coefficient (Wildman–Crippen LogP) is 3.41. The van der Waals surface area contributed by atoms with E-state index in [9.17, 15) is 9.59 Å². The van der Waals surface area contributed by atoms with Gasteiger partial charge in [0.2, 0.25) is 0 Å². The van der Waals surface area contributed by atoms with Crippen LogP contribution in [0.25, 0.3) is 6.08 Å². The maximum Gasteiger partial charge on any atom is 0.196 e. The normalized spacial score (nSPS) is 10.8. The van der Waals surface area contributed by atoms with Crippen molar-refractivity contribution in [2.75, 3.05) is 0 Å². The van der Waals surface area contributed by atoms with E-state index < -0.39 is 0 Å². The summed E-state index contributed by atoms with van der Waals surface area (Å²) in [6.07, 6.45) is 1.53. The molecule has 3 nitrogen and oxygen atoms in total. The number of carbonyl (C=O) groups is 2. The smallest absolute Gasteiger partial charge is 0.196 e. The summed E-state index contributed by atoms with van der Waals surface area (Å²) in [5, 5.41) is 8.89. The van der Waals surface area contributed by atoms with E-state index in [1.165, 1.54) is 13.0 Å². The van der Waals surface area contributed by atoms with E-state index in [2.05, 4.69) is 0 Å². The number of nitriles is 1. The summed E-state index contributed by atoms with van der Waals surface area (Å²) in [6, 6.07) is 17.5. The fraction of sp³-hybridized carbons (Fsp3) is 0.0556. The monoisotopic (exact) mass is 275 g/mol. The SMILES string of the molecule is CC(=O)/C(=C/c1cccc(C#N)c1)C(=O)c1ccccc1. The largest absolute Gasteiger partial charge is 0.294 e. The first-order valence-electron chi connectivity index (χ1n) is 6.44. The Morgan fingerprint density at radius 1 is 1.05 bits per heavy atom. The second-order valence-corrected chi connectivity index (χ2v) is 4.55. The second-order valence-electron chi connectivity index (χ2n) is 4.55. The van der Waals surface area contributed by atoms with Gasteiger partial charge in [-0.15, -0.1) is 0 Å². The van der Waals surface area contributed by atoms with Crippen molar-refractivity contribution < 1.29 is 9.59 Å². The molecule has 2 aromatic rings. The van der Waals surface area contributed by atoms with Crippen molar-refractivity contribution in [1.82, 2.24) is 0 Å². The quantitative estimate of drug-likeness (QED) is 0.372. The van der Waals surface area contributed by atoms with Gasteiger partial charge in [0.25, 0.3) is 0 Å². The van der Waals surface area contributed by atoms with Crippen molar-refractivity contribution in [3.8, 4) is 6.07 Å². The maximum absolute atomic E-state index is 12.4. The van der Waals surface area contributed by atoms with Crippen molar-refractivity contribution >= 4 is 17.6 Å². The molecule has 0 aliphatic carbocycles. The van der Waals surface area contributed by atoms with Gasteiger partial charge in [-0.1, -0.05) is 42.5 Å². The Balaban J connectivity index is 2.44. The van der Waals surface area contributed by atoms with E-state index in [0.717, 1.165) is 0 Å². The molecule has 0 saturated heterocycles. The lowest BCUT2D eigenvalue weighted by Crippen LogP contribution is -2.10. The molecule has 0 N–H and O–H groups in total. The zero-order chi connectivity index (χ0) is 15.2. The zero-order valence-corrected chi connectivity index (χ0v) is 11.5. The molecule has 3 heteroatoms. The van der Waals surface area contributed by atoms with E-state index in [0.29, 0.717) is 16.7 Å². The lowest BCUT2D eigenvalue weighted by molar-refractivity contribution is -0.113. The highest BCUT2D eigenvalue weighted by Gasteiger charge is 2.16. The van der Waals surface area contributed by atoms with Crippen LogP contribution in [0.4, 0.5) is 0 Å². The summed E-state index contributed by atoms with van der Waals surface area (Å²) >= 11 is 0. The fourth-order valence-corrected chi connectivity index (χ4v) is 1.94. The van der Waals surface area contributed by atoms with E-state index in [1.807, 2.05) is 12.1 Å². The summed E-state index contributed by atoms with van der Waals surface area (Å²) in [5.41, 5.74) is 1.72. The summed E-state index contributed by atoms with van der Waals surface area (Å²) in [4.78, 5) is 24.2. The average molecular weight is 275 g/mol. The molecule has 102 valence electrons. The van der Waals surface area contributed by atoms with Crippen molar-refractivity contribution in [2.24, 2.45) is 0 Å². The Hall–Kier alpha value is -2.99. The molecule has 0 unspecified atom stereocenters. The number of carbonyl (C=O) groups excluding carboxylic acids is 2. The van der Waals surface area contributed by atoms with Gasteiger partial charge in [0.15, 0.2) is 11.6 Å². The summed E-state index contributed by atoms with van der Waals surface area (Å²) in [5.74, 6) is -0.614. The van der Waals surface area contributed by atoms with Crippen LogP contribution in [0.3, 0.4) is 0 Å². The van der Waals surface area contributed by atoms with Crippen LogP contribution in [0, 0.1) is 11.3 Å². The van der Waals surface area contributed by atoms with Crippen LogP contribution in [-0.4, -0.2) is 11.6 Å². The molecule has 0 saturated carbocycles. The van der Waals surface area contributed by atoms with Gasteiger partial charge in [-0.3, -0.25) is 9.59 Å². The minimum atomic E-state index is -0.314. The molecule has 0 spiro atoms. The first kappa shape index (κ1) is 14.4. The molecule has 0 amide bonds. The molecule has 0 heterocycles. The lowest BCUT2D eigenvalue weighted by Gasteiger charge is -2.04. The van der Waals surface area contributed by atoms with Gasteiger partial charge in [-0.2, -0.15) is 5.26 Å². The van der Waals surface area contributed by atoms with E-state index in [1.54, 1.807) is 48.5 Å². The Bertz CT molecular complexity index is 752. The molecular formula is C18H13NO2. The summed E-state index contributed by atoms with van der Waals surface area (Å²) in [7, 11) is 0. The third kappa shape index (κ3) is 3.52. The number of rotatable bonds is 4. The summed E-state index contributed by atoms with van der Waals surface area (Å²) < 4.78 is 0. The molecule has 0 radical (unpaired) electrons. The molecule has 21 heavy (non-hydrogen) atoms. The zero-order valence-electron chi connectivity index (χ0n) is 11.5. The van der Waals surface area contributed by atoms with Crippen LogP contribution >= 0.6 is 0 Å². The Morgan fingerprint density at radius 3 is 2.38 bits per heavy atom. The number of allylic oxidation sites excluding steroid dienone is 1. The van der Waals surface area contributed by atoms with Crippen LogP contribution in [-0.2, 0) is 4.79 Å². The van der Waals surface area contributed by atoms with Gasteiger partial charge in [-0.05, 0) is 30.7 Å². The Morgan fingerprint density at radius 2 is 1.76 bits per heavy atom. The molecule has 0 bridgehead atoms. The molecule has 2 rings (SSSR count). The van der Waals surface area contributed by atoms with Crippen LogP contribution in [0.1, 0.15) is 28.4 Å². The highest BCUT2D eigenvalue weighted by atomic mass is 16.1. The molecule has 0 atom stereocenters. The molecule has 0 fully saturated rings. The van der Waals surface area contributed by atoms with Crippen LogP contribution in [0.15, 0.2) is 60.2 Å². The second kappa shape index (κ2) is 6.44. The average Bonchev–Trinajstić information content (AvgIpc) is 2.52. The molecule has 2 aromatic carbocycles. The lowest BCUT2D eigenvalue weighted by atomic mass is 9.98. The van der Waals surface area contributed by atoms with Crippen LogP contribution in [0.5, 0.6) is 0 Å². The maximum atomic E-state index is 12.4.